The summed E-state index contributed by atoms with van der Waals surface area (Å²) in [6.07, 6.45) is 1.86. The van der Waals surface area contributed by atoms with Crippen LogP contribution in [0.15, 0.2) is 85.1 Å². The first-order valence-corrected chi connectivity index (χ1v) is 8.10. The Labute approximate surface area is 145 Å². The fourth-order valence-corrected chi connectivity index (χ4v) is 2.93. The fourth-order valence-electron chi connectivity index (χ4n) is 2.93. The van der Waals surface area contributed by atoms with Crippen molar-refractivity contribution >= 4 is 28.3 Å². The van der Waals surface area contributed by atoms with E-state index < -0.39 is 0 Å². The highest BCUT2D eigenvalue weighted by Crippen LogP contribution is 2.28. The van der Waals surface area contributed by atoms with Crippen LogP contribution in [0, 0.1) is 0 Å². The van der Waals surface area contributed by atoms with Crippen molar-refractivity contribution in [2.75, 3.05) is 10.6 Å². The summed E-state index contributed by atoms with van der Waals surface area (Å²) in [5.41, 5.74) is 4.58. The molecule has 4 rings (SSSR count). The lowest BCUT2D eigenvalue weighted by Gasteiger charge is -2.12. The van der Waals surface area contributed by atoms with Gasteiger partial charge in [0.25, 0.3) is 0 Å². The lowest BCUT2D eigenvalue weighted by molar-refractivity contribution is 0.262. The zero-order chi connectivity index (χ0) is 17.1. The zero-order valence-corrected chi connectivity index (χ0v) is 13.5. The summed E-state index contributed by atoms with van der Waals surface area (Å²) < 4.78 is 0. The van der Waals surface area contributed by atoms with Crippen LogP contribution in [0.5, 0.6) is 0 Å². The van der Waals surface area contributed by atoms with E-state index in [1.54, 1.807) is 0 Å². The molecular formula is C21H17N3O. The molecule has 0 atom stereocenters. The number of amides is 2. The maximum absolute atomic E-state index is 12.5. The Hall–Kier alpha value is -3.53. The van der Waals surface area contributed by atoms with Crippen molar-refractivity contribution in [3.8, 4) is 11.1 Å². The summed E-state index contributed by atoms with van der Waals surface area (Å²) in [7, 11) is 0. The minimum atomic E-state index is -0.267. The SMILES string of the molecule is O=C(Nc1ccccc1-c1ccccc1)Nc1cccc2[nH]ccc12. The summed E-state index contributed by atoms with van der Waals surface area (Å²) >= 11 is 0. The topological polar surface area (TPSA) is 56.9 Å². The van der Waals surface area contributed by atoms with E-state index in [1.165, 1.54) is 0 Å². The van der Waals surface area contributed by atoms with Crippen molar-refractivity contribution in [3.63, 3.8) is 0 Å². The van der Waals surface area contributed by atoms with Crippen molar-refractivity contribution in [3.05, 3.63) is 85.1 Å². The molecule has 0 bridgehead atoms. The molecule has 0 aliphatic heterocycles. The number of hydrogen-bond acceptors (Lipinski definition) is 1. The van der Waals surface area contributed by atoms with Crippen LogP contribution < -0.4 is 10.6 Å². The number of nitrogens with one attached hydrogen (secondary N) is 3. The van der Waals surface area contributed by atoms with Gasteiger partial charge < -0.3 is 15.6 Å². The molecule has 1 heterocycles. The minimum Gasteiger partial charge on any atom is -0.361 e. The molecule has 0 unspecified atom stereocenters. The van der Waals surface area contributed by atoms with Crippen LogP contribution in [-0.4, -0.2) is 11.0 Å². The Kier molecular flexibility index (Phi) is 3.92. The number of anilines is 2. The van der Waals surface area contributed by atoms with Crippen molar-refractivity contribution in [1.29, 1.82) is 0 Å². The summed E-state index contributed by atoms with van der Waals surface area (Å²) in [5.74, 6) is 0. The number of benzene rings is 3. The molecular weight excluding hydrogens is 310 g/mol. The van der Waals surface area contributed by atoms with E-state index >= 15 is 0 Å². The third-order valence-corrected chi connectivity index (χ3v) is 4.10. The standard InChI is InChI=1S/C21H17N3O/c25-21(24-20-12-6-11-18-17(20)13-14-22-18)23-19-10-5-4-9-16(19)15-7-2-1-3-8-15/h1-14,22H,(H2,23,24,25). The lowest BCUT2D eigenvalue weighted by atomic mass is 10.0. The molecule has 0 saturated carbocycles. The minimum absolute atomic E-state index is 0.267. The molecule has 0 aliphatic rings. The average molecular weight is 327 g/mol. The van der Waals surface area contributed by atoms with Gasteiger partial charge in [0.05, 0.1) is 11.4 Å². The van der Waals surface area contributed by atoms with Gasteiger partial charge in [-0.1, -0.05) is 54.6 Å². The molecule has 0 saturated heterocycles. The summed E-state index contributed by atoms with van der Waals surface area (Å²) in [5, 5.41) is 6.86. The van der Waals surface area contributed by atoms with Crippen LogP contribution >= 0.6 is 0 Å². The molecule has 0 aliphatic carbocycles. The zero-order valence-electron chi connectivity index (χ0n) is 13.5. The molecule has 122 valence electrons. The second-order valence-electron chi connectivity index (χ2n) is 5.74. The molecule has 2 amide bonds. The highest BCUT2D eigenvalue weighted by atomic mass is 16.2. The number of carbonyl (C=O) groups excluding carboxylic acids is 1. The molecule has 0 radical (unpaired) electrons. The van der Waals surface area contributed by atoms with Crippen LogP contribution in [0.3, 0.4) is 0 Å². The van der Waals surface area contributed by atoms with Gasteiger partial charge in [-0.3, -0.25) is 0 Å². The van der Waals surface area contributed by atoms with Crippen LogP contribution in [-0.2, 0) is 0 Å². The maximum Gasteiger partial charge on any atom is 0.323 e. The molecule has 25 heavy (non-hydrogen) atoms. The van der Waals surface area contributed by atoms with Crippen LogP contribution in [0.2, 0.25) is 0 Å². The number of aromatic amines is 1. The summed E-state index contributed by atoms with van der Waals surface area (Å²) in [6.45, 7) is 0. The third-order valence-electron chi connectivity index (χ3n) is 4.10. The number of fused-ring (bicyclic) bond motifs is 1. The van der Waals surface area contributed by atoms with E-state index in [9.17, 15) is 4.79 Å². The second kappa shape index (κ2) is 6.53. The van der Waals surface area contributed by atoms with Gasteiger partial charge in [0.2, 0.25) is 0 Å². The Morgan fingerprint density at radius 2 is 1.44 bits per heavy atom. The van der Waals surface area contributed by atoms with Crippen molar-refractivity contribution in [2.24, 2.45) is 0 Å². The number of carbonyl (C=O) groups is 1. The predicted octanol–water partition coefficient (Wildman–Crippen LogP) is 5.48. The highest BCUT2D eigenvalue weighted by Gasteiger charge is 2.09. The number of hydrogen-bond donors (Lipinski definition) is 3. The van der Waals surface area contributed by atoms with Gasteiger partial charge in [0, 0.05) is 22.7 Å². The largest absolute Gasteiger partial charge is 0.361 e. The molecule has 3 N–H and O–H groups in total. The van der Waals surface area contributed by atoms with Gasteiger partial charge in [0.15, 0.2) is 0 Å². The van der Waals surface area contributed by atoms with Crippen molar-refractivity contribution in [2.45, 2.75) is 0 Å². The van der Waals surface area contributed by atoms with Gasteiger partial charge in [-0.25, -0.2) is 4.79 Å². The molecule has 4 nitrogen and oxygen atoms in total. The van der Waals surface area contributed by atoms with Crippen molar-refractivity contribution < 1.29 is 4.79 Å². The van der Waals surface area contributed by atoms with Crippen LogP contribution in [0.1, 0.15) is 0 Å². The van der Waals surface area contributed by atoms with E-state index in [0.717, 1.165) is 33.4 Å². The Morgan fingerprint density at radius 3 is 2.32 bits per heavy atom. The first-order valence-electron chi connectivity index (χ1n) is 8.10. The van der Waals surface area contributed by atoms with Gasteiger partial charge in [-0.15, -0.1) is 0 Å². The van der Waals surface area contributed by atoms with Gasteiger partial charge >= 0.3 is 6.03 Å². The monoisotopic (exact) mass is 327 g/mol. The molecule has 0 fully saturated rings. The first kappa shape index (κ1) is 15.0. The quantitative estimate of drug-likeness (QED) is 0.458. The third kappa shape index (κ3) is 3.10. The van der Waals surface area contributed by atoms with Gasteiger partial charge in [-0.05, 0) is 29.8 Å². The number of urea groups is 1. The maximum atomic E-state index is 12.5. The van der Waals surface area contributed by atoms with Crippen molar-refractivity contribution in [1.82, 2.24) is 4.98 Å². The summed E-state index contributed by atoms with van der Waals surface area (Å²) in [6, 6.07) is 25.2. The Morgan fingerprint density at radius 1 is 0.720 bits per heavy atom. The molecule has 0 spiro atoms. The molecule has 3 aromatic carbocycles. The van der Waals surface area contributed by atoms with E-state index in [2.05, 4.69) is 15.6 Å². The fraction of sp³-hybridized carbons (Fsp3) is 0. The van der Waals surface area contributed by atoms with E-state index in [0.29, 0.717) is 0 Å². The van der Waals surface area contributed by atoms with Gasteiger partial charge in [-0.2, -0.15) is 0 Å². The number of H-pyrrole nitrogens is 1. The van der Waals surface area contributed by atoms with E-state index in [1.807, 2.05) is 85.1 Å². The van der Waals surface area contributed by atoms with Crippen LogP contribution in [0.4, 0.5) is 16.2 Å². The molecule has 4 heteroatoms. The van der Waals surface area contributed by atoms with Gasteiger partial charge in [0.1, 0.15) is 0 Å². The van der Waals surface area contributed by atoms with E-state index in [-0.39, 0.29) is 6.03 Å². The van der Waals surface area contributed by atoms with Crippen LogP contribution in [0.25, 0.3) is 22.0 Å². The lowest BCUT2D eigenvalue weighted by Crippen LogP contribution is -2.19. The average Bonchev–Trinajstić information content (AvgIpc) is 3.13. The smallest absolute Gasteiger partial charge is 0.323 e. The normalized spacial score (nSPS) is 10.6. The predicted molar refractivity (Wildman–Crippen MR) is 103 cm³/mol. The molecule has 1 aromatic heterocycles. The second-order valence-corrected chi connectivity index (χ2v) is 5.74. The Balaban J connectivity index is 1.59. The number of rotatable bonds is 3. The highest BCUT2D eigenvalue weighted by molar-refractivity contribution is 6.07. The molecule has 4 aromatic rings. The first-order chi connectivity index (χ1) is 12.3. The number of aromatic nitrogens is 1. The summed E-state index contributed by atoms with van der Waals surface area (Å²) in [4.78, 5) is 15.6. The Bertz CT molecular complexity index is 1020. The van der Waals surface area contributed by atoms with E-state index in [4.69, 9.17) is 0 Å². The number of para-hydroxylation sites is 1.